The lowest BCUT2D eigenvalue weighted by Crippen LogP contribution is -2.33. The smallest absolute Gasteiger partial charge is 0.253 e. The van der Waals surface area contributed by atoms with Crippen molar-refractivity contribution in [2.24, 2.45) is 0 Å². The number of hydrogen-bond acceptors (Lipinski definition) is 2. The summed E-state index contributed by atoms with van der Waals surface area (Å²) < 4.78 is 0. The molecule has 0 aliphatic heterocycles. The maximum absolute atomic E-state index is 12.5. The van der Waals surface area contributed by atoms with Gasteiger partial charge < -0.3 is 15.0 Å². The normalized spacial score (nSPS) is 14.2. The molecule has 0 bridgehead atoms. The number of nitrogens with one attached hydrogen (secondary N) is 1. The molecular weight excluding hydrogens is 264 g/mol. The Kier molecular flexibility index (Phi) is 3.97. The van der Waals surface area contributed by atoms with E-state index in [4.69, 9.17) is 5.11 Å². The van der Waals surface area contributed by atoms with Gasteiger partial charge in [-0.1, -0.05) is 0 Å². The fourth-order valence-electron chi connectivity index (χ4n) is 3.25. The van der Waals surface area contributed by atoms with Crippen LogP contribution in [-0.2, 0) is 12.8 Å². The second-order valence-electron chi connectivity index (χ2n) is 5.66. The Morgan fingerprint density at radius 3 is 2.90 bits per heavy atom. The van der Waals surface area contributed by atoms with Crippen LogP contribution in [0.25, 0.3) is 10.9 Å². The molecule has 1 amide bonds. The fourth-order valence-corrected chi connectivity index (χ4v) is 3.25. The minimum absolute atomic E-state index is 0.000732. The largest absolute Gasteiger partial charge is 0.395 e. The van der Waals surface area contributed by atoms with Gasteiger partial charge in [0.2, 0.25) is 0 Å². The average Bonchev–Trinajstić information content (AvgIpc) is 2.89. The third-order valence-corrected chi connectivity index (χ3v) is 4.38. The summed E-state index contributed by atoms with van der Waals surface area (Å²) in [7, 11) is 0. The molecule has 112 valence electrons. The minimum atomic E-state index is -0.000732. The number of aliphatic hydroxyl groups excluding tert-OH is 1. The van der Waals surface area contributed by atoms with E-state index >= 15 is 0 Å². The van der Waals surface area contributed by atoms with Crippen molar-refractivity contribution >= 4 is 16.8 Å². The number of aromatic amines is 1. The van der Waals surface area contributed by atoms with Crippen LogP contribution in [0.1, 0.15) is 41.4 Å². The molecule has 2 aromatic rings. The van der Waals surface area contributed by atoms with Crippen molar-refractivity contribution in [3.63, 3.8) is 0 Å². The highest BCUT2D eigenvalue weighted by Gasteiger charge is 2.18. The number of likely N-dealkylation sites (N-methyl/N-ethyl adjacent to an activating group) is 1. The van der Waals surface area contributed by atoms with Crippen LogP contribution >= 0.6 is 0 Å². The van der Waals surface area contributed by atoms with Crippen LogP contribution in [0, 0.1) is 0 Å². The molecule has 0 fully saturated rings. The molecule has 1 aliphatic rings. The molecule has 0 radical (unpaired) electrons. The summed E-state index contributed by atoms with van der Waals surface area (Å²) in [4.78, 5) is 17.7. The van der Waals surface area contributed by atoms with E-state index in [-0.39, 0.29) is 12.5 Å². The number of aliphatic hydroxyl groups is 1. The van der Waals surface area contributed by atoms with E-state index in [9.17, 15) is 4.79 Å². The van der Waals surface area contributed by atoms with Crippen LogP contribution < -0.4 is 0 Å². The molecule has 1 aromatic carbocycles. The molecule has 1 aromatic heterocycles. The second kappa shape index (κ2) is 5.90. The molecule has 1 aliphatic carbocycles. The Bertz CT molecular complexity index is 660. The first-order valence-electron chi connectivity index (χ1n) is 7.78. The summed E-state index contributed by atoms with van der Waals surface area (Å²) in [6.45, 7) is 2.94. The quantitative estimate of drug-likeness (QED) is 0.907. The van der Waals surface area contributed by atoms with Gasteiger partial charge in [0.15, 0.2) is 0 Å². The van der Waals surface area contributed by atoms with Gasteiger partial charge in [-0.3, -0.25) is 4.79 Å². The molecule has 0 saturated heterocycles. The van der Waals surface area contributed by atoms with Gasteiger partial charge in [0.1, 0.15) is 0 Å². The van der Waals surface area contributed by atoms with Crippen LogP contribution in [0.5, 0.6) is 0 Å². The summed E-state index contributed by atoms with van der Waals surface area (Å²) in [6, 6.07) is 5.90. The van der Waals surface area contributed by atoms with E-state index in [1.807, 2.05) is 25.1 Å². The minimum Gasteiger partial charge on any atom is -0.395 e. The molecular formula is C17H22N2O2. The van der Waals surface area contributed by atoms with Crippen molar-refractivity contribution in [2.45, 2.75) is 32.6 Å². The highest BCUT2D eigenvalue weighted by atomic mass is 16.3. The number of aromatic nitrogens is 1. The standard InChI is InChI=1S/C17H22N2O2/c1-2-19(9-10-20)17(21)12-7-8-16-14(11-12)13-5-3-4-6-15(13)18-16/h7-8,11,18,20H,2-6,9-10H2,1H3. The van der Waals surface area contributed by atoms with E-state index in [1.54, 1.807) is 4.90 Å². The maximum atomic E-state index is 12.5. The molecule has 4 heteroatoms. The third kappa shape index (κ3) is 2.56. The number of nitrogens with zero attached hydrogens (tertiary/aromatic N) is 1. The third-order valence-electron chi connectivity index (χ3n) is 4.38. The number of fused-ring (bicyclic) bond motifs is 3. The Morgan fingerprint density at radius 2 is 2.14 bits per heavy atom. The van der Waals surface area contributed by atoms with E-state index in [2.05, 4.69) is 4.98 Å². The van der Waals surface area contributed by atoms with Crippen molar-refractivity contribution in [1.82, 2.24) is 9.88 Å². The van der Waals surface area contributed by atoms with Gasteiger partial charge in [-0.15, -0.1) is 0 Å². The summed E-state index contributed by atoms with van der Waals surface area (Å²) in [5.74, 6) is -0.000732. The van der Waals surface area contributed by atoms with Crippen molar-refractivity contribution < 1.29 is 9.90 Å². The van der Waals surface area contributed by atoms with Crippen molar-refractivity contribution in [1.29, 1.82) is 0 Å². The van der Waals surface area contributed by atoms with Crippen LogP contribution in [0.4, 0.5) is 0 Å². The predicted molar refractivity (Wildman–Crippen MR) is 83.6 cm³/mol. The number of hydrogen-bond donors (Lipinski definition) is 2. The molecule has 0 atom stereocenters. The van der Waals surface area contributed by atoms with Crippen LogP contribution in [0.3, 0.4) is 0 Å². The molecule has 0 unspecified atom stereocenters. The summed E-state index contributed by atoms with van der Waals surface area (Å²) in [5, 5.41) is 10.3. The average molecular weight is 286 g/mol. The van der Waals surface area contributed by atoms with Crippen molar-refractivity contribution in [3.8, 4) is 0 Å². The molecule has 4 nitrogen and oxygen atoms in total. The monoisotopic (exact) mass is 286 g/mol. The maximum Gasteiger partial charge on any atom is 0.253 e. The van der Waals surface area contributed by atoms with Crippen molar-refractivity contribution in [3.05, 3.63) is 35.0 Å². The van der Waals surface area contributed by atoms with Gasteiger partial charge in [0.05, 0.1) is 6.61 Å². The van der Waals surface area contributed by atoms with E-state index in [0.717, 1.165) is 18.4 Å². The van der Waals surface area contributed by atoms with E-state index in [1.165, 1.54) is 29.5 Å². The summed E-state index contributed by atoms with van der Waals surface area (Å²) in [6.07, 6.45) is 4.68. The molecule has 0 saturated carbocycles. The SMILES string of the molecule is CCN(CCO)C(=O)c1ccc2[nH]c3c(c2c1)CCCC3. The molecule has 21 heavy (non-hydrogen) atoms. The fraction of sp³-hybridized carbons (Fsp3) is 0.471. The number of carbonyl (C=O) groups excluding carboxylic acids is 1. The number of aryl methyl sites for hydroxylation is 2. The lowest BCUT2D eigenvalue weighted by Gasteiger charge is -2.19. The van der Waals surface area contributed by atoms with Gasteiger partial charge in [0, 0.05) is 35.2 Å². The van der Waals surface area contributed by atoms with E-state index < -0.39 is 0 Å². The lowest BCUT2D eigenvalue weighted by molar-refractivity contribution is 0.0732. The van der Waals surface area contributed by atoms with Crippen LogP contribution in [0.2, 0.25) is 0 Å². The van der Waals surface area contributed by atoms with Crippen LogP contribution in [-0.4, -0.2) is 40.6 Å². The number of benzene rings is 1. The Morgan fingerprint density at radius 1 is 1.33 bits per heavy atom. The first-order valence-corrected chi connectivity index (χ1v) is 7.78. The number of amides is 1. The number of H-pyrrole nitrogens is 1. The Labute approximate surface area is 124 Å². The number of rotatable bonds is 4. The zero-order valence-electron chi connectivity index (χ0n) is 12.5. The topological polar surface area (TPSA) is 56.3 Å². The first kappa shape index (κ1) is 14.1. The first-order chi connectivity index (χ1) is 10.2. The predicted octanol–water partition coefficient (Wildman–Crippen LogP) is 2.50. The van der Waals surface area contributed by atoms with Crippen LogP contribution in [0.15, 0.2) is 18.2 Å². The zero-order chi connectivity index (χ0) is 14.8. The molecule has 2 N–H and O–H groups in total. The molecule has 3 rings (SSSR count). The Balaban J connectivity index is 1.98. The van der Waals surface area contributed by atoms with Gasteiger partial charge >= 0.3 is 0 Å². The highest BCUT2D eigenvalue weighted by molar-refractivity contribution is 5.99. The Hall–Kier alpha value is -1.81. The van der Waals surface area contributed by atoms with Gasteiger partial charge in [0.25, 0.3) is 5.91 Å². The molecule has 0 spiro atoms. The summed E-state index contributed by atoms with van der Waals surface area (Å²) >= 11 is 0. The van der Waals surface area contributed by atoms with Gasteiger partial charge in [-0.05, 0) is 56.4 Å². The summed E-state index contributed by atoms with van der Waals surface area (Å²) in [5.41, 5.74) is 4.56. The second-order valence-corrected chi connectivity index (χ2v) is 5.66. The zero-order valence-corrected chi connectivity index (χ0v) is 12.5. The van der Waals surface area contributed by atoms with Gasteiger partial charge in [-0.25, -0.2) is 0 Å². The highest BCUT2D eigenvalue weighted by Crippen LogP contribution is 2.29. The number of carbonyl (C=O) groups is 1. The van der Waals surface area contributed by atoms with Gasteiger partial charge in [-0.2, -0.15) is 0 Å². The molecule has 1 heterocycles. The van der Waals surface area contributed by atoms with E-state index in [0.29, 0.717) is 18.7 Å². The van der Waals surface area contributed by atoms with Crippen molar-refractivity contribution in [2.75, 3.05) is 19.7 Å². The lowest BCUT2D eigenvalue weighted by atomic mass is 9.95.